The first-order valence-electron chi connectivity index (χ1n) is 8.71. The lowest BCUT2D eigenvalue weighted by atomic mass is 9.73. The number of aromatic nitrogens is 1. The Kier molecular flexibility index (Phi) is 5.75. The molecule has 1 atom stereocenters. The summed E-state index contributed by atoms with van der Waals surface area (Å²) in [5.74, 6) is -0.935. The van der Waals surface area contributed by atoms with Crippen molar-refractivity contribution in [3.05, 3.63) is 100 Å². The van der Waals surface area contributed by atoms with Gasteiger partial charge in [0.25, 0.3) is 0 Å². The first-order valence-corrected chi connectivity index (χ1v) is 9.09. The van der Waals surface area contributed by atoms with Gasteiger partial charge in [-0.15, -0.1) is 0 Å². The molecule has 1 aromatic heterocycles. The van der Waals surface area contributed by atoms with Crippen molar-refractivity contribution in [1.82, 2.24) is 4.98 Å². The Morgan fingerprint density at radius 3 is 2.50 bits per heavy atom. The maximum absolute atomic E-state index is 14.1. The van der Waals surface area contributed by atoms with Crippen molar-refractivity contribution >= 4 is 11.6 Å². The molecule has 0 fully saturated rings. The largest absolute Gasteiger partial charge is 0.416 e. The van der Waals surface area contributed by atoms with Crippen molar-refractivity contribution < 1.29 is 17.6 Å². The second-order valence-electron chi connectivity index (χ2n) is 6.90. The van der Waals surface area contributed by atoms with Gasteiger partial charge in [-0.2, -0.15) is 13.2 Å². The van der Waals surface area contributed by atoms with Crippen LogP contribution in [0.4, 0.5) is 17.6 Å². The molecule has 0 bridgehead atoms. The number of halogens is 5. The van der Waals surface area contributed by atoms with E-state index in [1.165, 1.54) is 6.20 Å². The Bertz CT molecular complexity index is 942. The number of hydrogen-bond acceptors (Lipinski definition) is 1. The number of benzene rings is 1. The highest BCUT2D eigenvalue weighted by Crippen LogP contribution is 2.40. The fourth-order valence-corrected chi connectivity index (χ4v) is 3.38. The third-order valence-corrected chi connectivity index (χ3v) is 4.99. The molecule has 3 rings (SSSR count). The smallest absolute Gasteiger partial charge is 0.259 e. The predicted octanol–water partition coefficient (Wildman–Crippen LogP) is 7.03. The third-order valence-electron chi connectivity index (χ3n) is 4.76. The molecule has 6 heteroatoms. The number of nitrogens with zero attached hydrogens (tertiary/aromatic N) is 1. The van der Waals surface area contributed by atoms with Gasteiger partial charge in [-0.3, -0.25) is 4.98 Å². The summed E-state index contributed by atoms with van der Waals surface area (Å²) in [5.41, 5.74) is -0.379. The van der Waals surface area contributed by atoms with Crippen LogP contribution < -0.4 is 0 Å². The van der Waals surface area contributed by atoms with E-state index in [1.54, 1.807) is 19.1 Å². The van der Waals surface area contributed by atoms with Crippen LogP contribution in [0.3, 0.4) is 0 Å². The summed E-state index contributed by atoms with van der Waals surface area (Å²) in [7, 11) is 0. The van der Waals surface area contributed by atoms with Crippen molar-refractivity contribution in [2.75, 3.05) is 0 Å². The van der Waals surface area contributed by atoms with Crippen LogP contribution in [-0.4, -0.2) is 4.98 Å². The average Bonchev–Trinajstić information content (AvgIpc) is 2.89. The summed E-state index contributed by atoms with van der Waals surface area (Å²) in [6, 6.07) is 5.94. The molecule has 0 saturated heterocycles. The van der Waals surface area contributed by atoms with E-state index in [-0.39, 0.29) is 5.56 Å². The average molecular weight is 408 g/mol. The summed E-state index contributed by atoms with van der Waals surface area (Å²) in [6.07, 6.45) is 7.60. The minimum Gasteiger partial charge on any atom is -0.259 e. The van der Waals surface area contributed by atoms with Gasteiger partial charge >= 0.3 is 6.18 Å². The van der Waals surface area contributed by atoms with E-state index < -0.39 is 23.0 Å². The third kappa shape index (κ3) is 4.53. The molecule has 0 N–H and O–H groups in total. The number of alkyl halides is 3. The lowest BCUT2D eigenvalue weighted by Crippen LogP contribution is -2.26. The van der Waals surface area contributed by atoms with Crippen LogP contribution in [0.5, 0.6) is 0 Å². The van der Waals surface area contributed by atoms with E-state index in [2.05, 4.69) is 4.98 Å². The number of rotatable bonds is 4. The van der Waals surface area contributed by atoms with Crippen LogP contribution in [0.2, 0.25) is 5.02 Å². The van der Waals surface area contributed by atoms with Gasteiger partial charge in [-0.1, -0.05) is 42.0 Å². The topological polar surface area (TPSA) is 12.9 Å². The molecular weight excluding hydrogens is 390 g/mol. The Morgan fingerprint density at radius 2 is 1.82 bits per heavy atom. The minimum absolute atomic E-state index is 0.206. The number of hydrogen-bond donors (Lipinski definition) is 0. The molecule has 0 aliphatic heterocycles. The Morgan fingerprint density at radius 1 is 1.07 bits per heavy atom. The quantitative estimate of drug-likeness (QED) is 0.496. The summed E-state index contributed by atoms with van der Waals surface area (Å²) >= 11 is 5.93. The highest BCUT2D eigenvalue weighted by Gasteiger charge is 2.36. The zero-order chi connectivity index (χ0) is 20.4. The monoisotopic (exact) mass is 407 g/mol. The van der Waals surface area contributed by atoms with Crippen LogP contribution in [0.25, 0.3) is 0 Å². The van der Waals surface area contributed by atoms with Gasteiger partial charge in [0, 0.05) is 11.6 Å². The number of pyridine rings is 1. The van der Waals surface area contributed by atoms with Crippen LogP contribution in [-0.2, 0) is 11.6 Å². The molecule has 1 aliphatic rings. The van der Waals surface area contributed by atoms with Gasteiger partial charge in [0.15, 0.2) is 0 Å². The lowest BCUT2D eigenvalue weighted by Gasteiger charge is -2.31. The Balaban J connectivity index is 2.16. The fourth-order valence-electron chi connectivity index (χ4n) is 3.26. The molecule has 146 valence electrons. The molecule has 0 amide bonds. The molecule has 1 aromatic carbocycles. The van der Waals surface area contributed by atoms with Gasteiger partial charge in [-0.05, 0) is 61.2 Å². The molecule has 1 heterocycles. The standard InChI is InChI=1S/C22H18ClF4N/c1-21(20-9-8-18(23)14-28-20,13-15-6-4-2-3-5-7-15)16-10-17(22(25,26)27)12-19(24)11-16/h2,4-12,14H,3,13H2,1H3/t21-/m1/s1. The van der Waals surface area contributed by atoms with Crippen LogP contribution >= 0.6 is 11.6 Å². The zero-order valence-corrected chi connectivity index (χ0v) is 15.9. The summed E-state index contributed by atoms with van der Waals surface area (Å²) in [4.78, 5) is 4.33. The van der Waals surface area contributed by atoms with E-state index >= 15 is 0 Å². The molecule has 0 saturated carbocycles. The molecule has 1 aliphatic carbocycles. The van der Waals surface area contributed by atoms with Gasteiger partial charge in [-0.25, -0.2) is 4.39 Å². The van der Waals surface area contributed by atoms with E-state index in [0.717, 1.165) is 24.1 Å². The second-order valence-corrected chi connectivity index (χ2v) is 7.34. The van der Waals surface area contributed by atoms with Gasteiger partial charge < -0.3 is 0 Å². The molecule has 28 heavy (non-hydrogen) atoms. The molecule has 0 unspecified atom stereocenters. The van der Waals surface area contributed by atoms with Gasteiger partial charge in [0.05, 0.1) is 16.3 Å². The predicted molar refractivity (Wildman–Crippen MR) is 103 cm³/mol. The zero-order valence-electron chi connectivity index (χ0n) is 15.1. The van der Waals surface area contributed by atoms with Crippen molar-refractivity contribution in [3.8, 4) is 0 Å². The molecule has 1 nitrogen and oxygen atoms in total. The summed E-state index contributed by atoms with van der Waals surface area (Å²) in [5, 5.41) is 0.415. The van der Waals surface area contributed by atoms with E-state index in [0.29, 0.717) is 23.2 Å². The van der Waals surface area contributed by atoms with Crippen LogP contribution in [0, 0.1) is 5.82 Å². The van der Waals surface area contributed by atoms with E-state index in [4.69, 9.17) is 11.6 Å². The van der Waals surface area contributed by atoms with Gasteiger partial charge in [0.2, 0.25) is 0 Å². The Labute approximate surface area is 166 Å². The normalized spacial score (nSPS) is 16.4. The van der Waals surface area contributed by atoms with E-state index in [1.807, 2.05) is 30.4 Å². The fraction of sp³-hybridized carbons (Fsp3) is 0.227. The maximum atomic E-state index is 14.1. The van der Waals surface area contributed by atoms with Crippen molar-refractivity contribution in [1.29, 1.82) is 0 Å². The van der Waals surface area contributed by atoms with Crippen molar-refractivity contribution in [2.24, 2.45) is 0 Å². The number of allylic oxidation sites excluding steroid dienone is 6. The molecule has 0 radical (unpaired) electrons. The summed E-state index contributed by atoms with van der Waals surface area (Å²) in [6.45, 7) is 1.77. The Hall–Kier alpha value is -2.40. The SMILES string of the molecule is C[C@@](CC1=CC=CCC=C1)(c1cc(F)cc(C(F)(F)F)c1)c1ccc(Cl)cn1. The summed E-state index contributed by atoms with van der Waals surface area (Å²) < 4.78 is 53.9. The first kappa shape index (κ1) is 20.3. The molecule has 2 aromatic rings. The van der Waals surface area contributed by atoms with Crippen LogP contribution in [0.1, 0.15) is 36.6 Å². The second kappa shape index (κ2) is 7.92. The highest BCUT2D eigenvalue weighted by atomic mass is 35.5. The molecule has 0 spiro atoms. The minimum atomic E-state index is -4.64. The van der Waals surface area contributed by atoms with Crippen molar-refractivity contribution in [2.45, 2.75) is 31.4 Å². The maximum Gasteiger partial charge on any atom is 0.416 e. The lowest BCUT2D eigenvalue weighted by molar-refractivity contribution is -0.137. The first-order chi connectivity index (χ1) is 13.2. The van der Waals surface area contributed by atoms with Crippen molar-refractivity contribution in [3.63, 3.8) is 0 Å². The highest BCUT2D eigenvalue weighted by molar-refractivity contribution is 6.30. The van der Waals surface area contributed by atoms with Crippen LogP contribution in [0.15, 0.2) is 72.5 Å². The molecular formula is C22H18ClF4N. The van der Waals surface area contributed by atoms with Gasteiger partial charge in [0.1, 0.15) is 5.82 Å². The van der Waals surface area contributed by atoms with E-state index in [9.17, 15) is 17.6 Å².